The van der Waals surface area contributed by atoms with Gasteiger partial charge < -0.3 is 4.74 Å². The van der Waals surface area contributed by atoms with E-state index in [0.717, 1.165) is 5.56 Å². The van der Waals surface area contributed by atoms with Crippen LogP contribution < -0.4 is 0 Å². The van der Waals surface area contributed by atoms with Gasteiger partial charge in [0.05, 0.1) is 26.9 Å². The highest BCUT2D eigenvalue weighted by Crippen LogP contribution is 2.19. The molecular formula is C24H22O6S2. The molecule has 0 atom stereocenters. The molecule has 8 heteroatoms. The van der Waals surface area contributed by atoms with Crippen molar-refractivity contribution in [3.63, 3.8) is 0 Å². The van der Waals surface area contributed by atoms with Gasteiger partial charge >= 0.3 is 5.97 Å². The zero-order chi connectivity index (χ0) is 23.2. The second kappa shape index (κ2) is 9.93. The molecule has 0 saturated carbocycles. The van der Waals surface area contributed by atoms with Crippen molar-refractivity contribution in [1.29, 1.82) is 0 Å². The van der Waals surface area contributed by atoms with Crippen molar-refractivity contribution in [2.45, 2.75) is 15.9 Å². The molecule has 3 aromatic carbocycles. The number of rotatable bonds is 9. The molecule has 3 rings (SSSR count). The molecule has 0 bridgehead atoms. The highest BCUT2D eigenvalue weighted by atomic mass is 32.2. The fourth-order valence-corrected chi connectivity index (χ4v) is 6.06. The topological polar surface area (TPSA) is 94.6 Å². The smallest absolute Gasteiger partial charge is 0.338 e. The normalized spacial score (nSPS) is 11.8. The maximum absolute atomic E-state index is 12.9. The number of hydrogen-bond acceptors (Lipinski definition) is 6. The van der Waals surface area contributed by atoms with E-state index >= 15 is 0 Å². The number of benzene rings is 3. The van der Waals surface area contributed by atoms with Crippen molar-refractivity contribution in [2.75, 3.05) is 11.5 Å². The van der Waals surface area contributed by atoms with Crippen LogP contribution in [0.2, 0.25) is 0 Å². The van der Waals surface area contributed by atoms with E-state index in [9.17, 15) is 21.6 Å². The maximum atomic E-state index is 12.9. The van der Waals surface area contributed by atoms with Gasteiger partial charge in [-0.15, -0.1) is 0 Å². The number of hydrogen-bond donors (Lipinski definition) is 0. The highest BCUT2D eigenvalue weighted by Gasteiger charge is 2.30. The van der Waals surface area contributed by atoms with Gasteiger partial charge in [-0.05, 0) is 42.0 Å². The van der Waals surface area contributed by atoms with Crippen LogP contribution in [-0.2, 0) is 24.4 Å². The lowest BCUT2D eigenvalue weighted by atomic mass is 10.1. The van der Waals surface area contributed by atoms with Crippen LogP contribution in [0.25, 0.3) is 6.08 Å². The summed E-state index contributed by atoms with van der Waals surface area (Å²) < 4.78 is 56.9. The molecule has 32 heavy (non-hydrogen) atoms. The number of esters is 1. The lowest BCUT2D eigenvalue weighted by Gasteiger charge is -2.18. The van der Waals surface area contributed by atoms with E-state index < -0.39 is 43.3 Å². The van der Waals surface area contributed by atoms with E-state index in [1.807, 2.05) is 0 Å². The Hall–Kier alpha value is -3.23. The van der Waals surface area contributed by atoms with Gasteiger partial charge in [-0.2, -0.15) is 0 Å². The predicted molar refractivity (Wildman–Crippen MR) is 123 cm³/mol. The summed E-state index contributed by atoms with van der Waals surface area (Å²) >= 11 is 0. The first-order valence-corrected chi connectivity index (χ1v) is 13.0. The Bertz CT molecular complexity index is 1210. The molecule has 166 valence electrons. The first-order valence-electron chi connectivity index (χ1n) is 9.70. The summed E-state index contributed by atoms with van der Waals surface area (Å²) in [4.78, 5) is 12.7. The Morgan fingerprint density at radius 1 is 0.750 bits per heavy atom. The first-order chi connectivity index (χ1) is 15.2. The molecule has 0 aromatic heterocycles. The third-order valence-corrected chi connectivity index (χ3v) is 8.27. The minimum absolute atomic E-state index is 0.0218. The van der Waals surface area contributed by atoms with Gasteiger partial charge in [0.1, 0.15) is 6.10 Å². The second-order valence-corrected chi connectivity index (χ2v) is 11.1. The summed E-state index contributed by atoms with van der Waals surface area (Å²) in [5, 5.41) is 0. The van der Waals surface area contributed by atoms with E-state index in [-0.39, 0.29) is 15.4 Å². The molecule has 0 radical (unpaired) electrons. The van der Waals surface area contributed by atoms with Crippen LogP contribution >= 0.6 is 0 Å². The molecule has 6 nitrogen and oxygen atoms in total. The van der Waals surface area contributed by atoms with Gasteiger partial charge in [-0.1, -0.05) is 61.2 Å². The Kier molecular flexibility index (Phi) is 7.27. The highest BCUT2D eigenvalue weighted by molar-refractivity contribution is 7.92. The van der Waals surface area contributed by atoms with E-state index in [1.165, 1.54) is 36.4 Å². The van der Waals surface area contributed by atoms with Crippen molar-refractivity contribution in [1.82, 2.24) is 0 Å². The van der Waals surface area contributed by atoms with Crippen LogP contribution in [0.4, 0.5) is 0 Å². The van der Waals surface area contributed by atoms with Crippen LogP contribution in [0.5, 0.6) is 0 Å². The molecule has 0 aliphatic heterocycles. The molecule has 0 heterocycles. The quantitative estimate of drug-likeness (QED) is 0.442. The molecule has 0 fully saturated rings. The first kappa shape index (κ1) is 23.4. The summed E-state index contributed by atoms with van der Waals surface area (Å²) in [5.74, 6) is -2.14. The Balaban J connectivity index is 1.89. The monoisotopic (exact) mass is 470 g/mol. The largest absolute Gasteiger partial charge is 0.457 e. The minimum Gasteiger partial charge on any atom is -0.457 e. The van der Waals surface area contributed by atoms with Gasteiger partial charge in [0.2, 0.25) is 0 Å². The average molecular weight is 471 g/mol. The molecule has 3 aromatic rings. The Morgan fingerprint density at radius 2 is 1.19 bits per heavy atom. The summed E-state index contributed by atoms with van der Waals surface area (Å²) in [6.07, 6.45) is 0.202. The van der Waals surface area contributed by atoms with Gasteiger partial charge in [-0.3, -0.25) is 0 Å². The van der Waals surface area contributed by atoms with Gasteiger partial charge in [-0.25, -0.2) is 21.6 Å². The number of ether oxygens (including phenoxy) is 1. The van der Waals surface area contributed by atoms with Crippen LogP contribution in [0.15, 0.2) is 101 Å². The van der Waals surface area contributed by atoms with E-state index in [4.69, 9.17) is 4.74 Å². The third-order valence-electron chi connectivity index (χ3n) is 4.67. The van der Waals surface area contributed by atoms with Crippen LogP contribution in [-0.4, -0.2) is 40.4 Å². The van der Waals surface area contributed by atoms with E-state index in [1.54, 1.807) is 54.6 Å². The molecule has 0 aliphatic carbocycles. The fraction of sp³-hybridized carbons (Fsp3) is 0.125. The van der Waals surface area contributed by atoms with Crippen molar-refractivity contribution in [3.05, 3.63) is 103 Å². The molecule has 0 amide bonds. The van der Waals surface area contributed by atoms with Gasteiger partial charge in [0, 0.05) is 0 Å². The van der Waals surface area contributed by atoms with Crippen LogP contribution in [0.3, 0.4) is 0 Å². The maximum Gasteiger partial charge on any atom is 0.338 e. The SMILES string of the molecule is C=Cc1ccc(C(=O)OC(CS(=O)(=O)c2ccccc2)CS(=O)(=O)c2ccccc2)cc1. The number of carbonyl (C=O) groups excluding carboxylic acids is 1. The summed E-state index contributed by atoms with van der Waals surface area (Å²) in [6.45, 7) is 3.64. The van der Waals surface area contributed by atoms with Crippen molar-refractivity contribution >= 4 is 31.7 Å². The molecule has 0 spiro atoms. The summed E-state index contributed by atoms with van der Waals surface area (Å²) in [7, 11) is -7.81. The zero-order valence-corrected chi connectivity index (χ0v) is 18.8. The number of sulfone groups is 2. The number of carbonyl (C=O) groups is 1. The Morgan fingerprint density at radius 3 is 1.59 bits per heavy atom. The second-order valence-electron chi connectivity index (χ2n) is 7.04. The molecular weight excluding hydrogens is 448 g/mol. The zero-order valence-electron chi connectivity index (χ0n) is 17.1. The molecule has 0 saturated heterocycles. The standard InChI is InChI=1S/C24H22O6S2/c1-2-19-13-15-20(16-14-19)24(25)30-21(17-31(26,27)22-9-5-3-6-10-22)18-32(28,29)23-11-7-4-8-12-23/h2-16,21H,1,17-18H2. The average Bonchev–Trinajstić information content (AvgIpc) is 2.79. The lowest BCUT2D eigenvalue weighted by Crippen LogP contribution is -2.33. The summed E-state index contributed by atoms with van der Waals surface area (Å²) in [5.41, 5.74) is 0.964. The van der Waals surface area contributed by atoms with Gasteiger partial charge in [0.15, 0.2) is 19.7 Å². The van der Waals surface area contributed by atoms with Gasteiger partial charge in [0.25, 0.3) is 0 Å². The van der Waals surface area contributed by atoms with E-state index in [0.29, 0.717) is 0 Å². The van der Waals surface area contributed by atoms with Crippen molar-refractivity contribution in [3.8, 4) is 0 Å². The molecule has 0 unspecified atom stereocenters. The minimum atomic E-state index is -3.91. The molecule has 0 aliphatic rings. The predicted octanol–water partition coefficient (Wildman–Crippen LogP) is 3.80. The molecule has 0 N–H and O–H groups in total. The van der Waals surface area contributed by atoms with E-state index in [2.05, 4.69) is 6.58 Å². The fourth-order valence-electron chi connectivity index (χ4n) is 3.03. The van der Waals surface area contributed by atoms with Crippen LogP contribution in [0, 0.1) is 0 Å². The lowest BCUT2D eigenvalue weighted by molar-refractivity contribution is 0.0389. The van der Waals surface area contributed by atoms with Crippen molar-refractivity contribution in [2.24, 2.45) is 0 Å². The Labute approximate surface area is 188 Å². The van der Waals surface area contributed by atoms with Crippen LogP contribution in [0.1, 0.15) is 15.9 Å². The summed E-state index contributed by atoms with van der Waals surface area (Å²) in [6, 6.07) is 21.6. The third kappa shape index (κ3) is 5.93. The van der Waals surface area contributed by atoms with Crippen molar-refractivity contribution < 1.29 is 26.4 Å².